The van der Waals surface area contributed by atoms with E-state index in [1.807, 2.05) is 0 Å². The molecule has 2 aliphatic heterocycles. The first-order chi connectivity index (χ1) is 11.3. The van der Waals surface area contributed by atoms with E-state index in [0.717, 1.165) is 62.7 Å². The molecule has 0 radical (unpaired) electrons. The Morgan fingerprint density at radius 2 is 2.04 bits per heavy atom. The van der Waals surface area contributed by atoms with Gasteiger partial charge in [-0.1, -0.05) is 0 Å². The molecule has 3 heterocycles. The highest BCUT2D eigenvalue weighted by atomic mass is 19.1. The van der Waals surface area contributed by atoms with Crippen molar-refractivity contribution in [3.05, 3.63) is 30.3 Å². The Kier molecular flexibility index (Phi) is 4.10. The van der Waals surface area contributed by atoms with Crippen LogP contribution in [-0.2, 0) is 4.74 Å². The molecule has 0 aliphatic carbocycles. The second-order valence-electron chi connectivity index (χ2n) is 6.38. The van der Waals surface area contributed by atoms with E-state index < -0.39 is 0 Å². The van der Waals surface area contributed by atoms with Gasteiger partial charge in [-0.3, -0.25) is 4.90 Å². The number of fused-ring (bicyclic) bond motifs is 1. The standard InChI is InChI=1S/C17H21FN4O/c18-14-1-2-16-15(9-14)17(20-12-19-16)22-6-4-21(5-7-22)10-13-3-8-23-11-13/h1-2,9,12-13H,3-8,10-11H2. The maximum atomic E-state index is 13.6. The molecule has 1 aromatic heterocycles. The van der Waals surface area contributed by atoms with Gasteiger partial charge in [0.2, 0.25) is 0 Å². The molecule has 0 spiro atoms. The monoisotopic (exact) mass is 316 g/mol. The molecule has 2 aliphatic rings. The van der Waals surface area contributed by atoms with Gasteiger partial charge in [-0.15, -0.1) is 0 Å². The second kappa shape index (κ2) is 6.37. The third kappa shape index (κ3) is 3.14. The fourth-order valence-corrected chi connectivity index (χ4v) is 3.50. The van der Waals surface area contributed by atoms with Crippen molar-refractivity contribution in [2.45, 2.75) is 6.42 Å². The van der Waals surface area contributed by atoms with Crippen molar-refractivity contribution in [3.63, 3.8) is 0 Å². The lowest BCUT2D eigenvalue weighted by molar-refractivity contribution is 0.164. The van der Waals surface area contributed by atoms with Crippen LogP contribution in [0.2, 0.25) is 0 Å². The summed E-state index contributed by atoms with van der Waals surface area (Å²) >= 11 is 0. The van der Waals surface area contributed by atoms with Crippen LogP contribution in [0.15, 0.2) is 24.5 Å². The van der Waals surface area contributed by atoms with Crippen molar-refractivity contribution >= 4 is 16.7 Å². The minimum atomic E-state index is -0.242. The van der Waals surface area contributed by atoms with Gasteiger partial charge in [-0.05, 0) is 30.5 Å². The summed E-state index contributed by atoms with van der Waals surface area (Å²) in [5, 5.41) is 0.796. The summed E-state index contributed by atoms with van der Waals surface area (Å²) in [4.78, 5) is 13.4. The third-order valence-corrected chi connectivity index (χ3v) is 4.79. The maximum absolute atomic E-state index is 13.6. The predicted molar refractivity (Wildman–Crippen MR) is 87.1 cm³/mol. The van der Waals surface area contributed by atoms with E-state index in [1.54, 1.807) is 12.4 Å². The fraction of sp³-hybridized carbons (Fsp3) is 0.529. The number of piperazine rings is 1. The molecular formula is C17H21FN4O. The molecule has 4 rings (SSSR count). The summed E-state index contributed by atoms with van der Waals surface area (Å²) in [6.07, 6.45) is 2.74. The molecule has 2 saturated heterocycles. The predicted octanol–water partition coefficient (Wildman–Crippen LogP) is 1.93. The van der Waals surface area contributed by atoms with Gasteiger partial charge in [-0.25, -0.2) is 14.4 Å². The van der Waals surface area contributed by atoms with Crippen molar-refractivity contribution in [2.75, 3.05) is 50.8 Å². The van der Waals surface area contributed by atoms with Crippen molar-refractivity contribution in [1.29, 1.82) is 0 Å². The number of hydrogen-bond donors (Lipinski definition) is 0. The number of rotatable bonds is 3. The number of hydrogen-bond acceptors (Lipinski definition) is 5. The van der Waals surface area contributed by atoms with Crippen LogP contribution in [-0.4, -0.2) is 60.8 Å². The molecule has 2 fully saturated rings. The average Bonchev–Trinajstić information content (AvgIpc) is 3.08. The molecular weight excluding hydrogens is 295 g/mol. The zero-order valence-corrected chi connectivity index (χ0v) is 13.1. The Balaban J connectivity index is 1.47. The lowest BCUT2D eigenvalue weighted by Crippen LogP contribution is -2.48. The van der Waals surface area contributed by atoms with Gasteiger partial charge in [0, 0.05) is 44.7 Å². The number of ether oxygens (including phenoxy) is 1. The summed E-state index contributed by atoms with van der Waals surface area (Å²) in [6, 6.07) is 4.69. The van der Waals surface area contributed by atoms with Crippen molar-refractivity contribution in [3.8, 4) is 0 Å². The zero-order valence-electron chi connectivity index (χ0n) is 13.1. The Bertz CT molecular complexity index is 681. The summed E-state index contributed by atoms with van der Waals surface area (Å²) in [5.41, 5.74) is 0.793. The minimum absolute atomic E-state index is 0.242. The van der Waals surface area contributed by atoms with Crippen LogP contribution in [0.3, 0.4) is 0 Å². The lowest BCUT2D eigenvalue weighted by atomic mass is 10.1. The second-order valence-corrected chi connectivity index (χ2v) is 6.38. The van der Waals surface area contributed by atoms with Crippen LogP contribution in [0, 0.1) is 11.7 Å². The van der Waals surface area contributed by atoms with E-state index in [9.17, 15) is 4.39 Å². The Morgan fingerprint density at radius 1 is 1.17 bits per heavy atom. The van der Waals surface area contributed by atoms with Gasteiger partial charge >= 0.3 is 0 Å². The molecule has 0 bridgehead atoms. The maximum Gasteiger partial charge on any atom is 0.140 e. The third-order valence-electron chi connectivity index (χ3n) is 4.79. The zero-order chi connectivity index (χ0) is 15.6. The molecule has 0 amide bonds. The summed E-state index contributed by atoms with van der Waals surface area (Å²) in [7, 11) is 0. The van der Waals surface area contributed by atoms with Crippen LogP contribution in [0.25, 0.3) is 10.9 Å². The van der Waals surface area contributed by atoms with Crippen molar-refractivity contribution < 1.29 is 9.13 Å². The van der Waals surface area contributed by atoms with Gasteiger partial charge in [-0.2, -0.15) is 0 Å². The summed E-state index contributed by atoms with van der Waals surface area (Å²) in [6.45, 7) is 6.77. The first kappa shape index (κ1) is 14.8. The van der Waals surface area contributed by atoms with Crippen LogP contribution < -0.4 is 4.90 Å². The number of nitrogens with zero attached hydrogens (tertiary/aromatic N) is 4. The first-order valence-corrected chi connectivity index (χ1v) is 8.25. The smallest absolute Gasteiger partial charge is 0.140 e. The van der Waals surface area contributed by atoms with Crippen LogP contribution >= 0.6 is 0 Å². The van der Waals surface area contributed by atoms with E-state index >= 15 is 0 Å². The molecule has 1 unspecified atom stereocenters. The number of halogens is 1. The van der Waals surface area contributed by atoms with E-state index in [2.05, 4.69) is 19.8 Å². The highest BCUT2D eigenvalue weighted by Crippen LogP contribution is 2.25. The molecule has 1 atom stereocenters. The van der Waals surface area contributed by atoms with Crippen LogP contribution in [0.4, 0.5) is 10.2 Å². The Labute approximate surface area is 135 Å². The molecule has 1 aromatic carbocycles. The fourth-order valence-electron chi connectivity index (χ4n) is 3.50. The molecule has 0 N–H and O–H groups in total. The van der Waals surface area contributed by atoms with E-state index in [4.69, 9.17) is 4.74 Å². The topological polar surface area (TPSA) is 41.5 Å². The Morgan fingerprint density at radius 3 is 2.83 bits per heavy atom. The van der Waals surface area contributed by atoms with Gasteiger partial charge in [0.05, 0.1) is 12.1 Å². The normalized spacial score (nSPS) is 22.8. The molecule has 122 valence electrons. The highest BCUT2D eigenvalue weighted by molar-refractivity contribution is 5.89. The lowest BCUT2D eigenvalue weighted by Gasteiger charge is -2.36. The molecule has 23 heavy (non-hydrogen) atoms. The van der Waals surface area contributed by atoms with Crippen LogP contribution in [0.5, 0.6) is 0 Å². The van der Waals surface area contributed by atoms with Crippen molar-refractivity contribution in [1.82, 2.24) is 14.9 Å². The van der Waals surface area contributed by atoms with Gasteiger partial charge in [0.15, 0.2) is 0 Å². The van der Waals surface area contributed by atoms with Crippen LogP contribution in [0.1, 0.15) is 6.42 Å². The van der Waals surface area contributed by atoms with E-state index in [1.165, 1.54) is 18.6 Å². The number of anilines is 1. The molecule has 5 nitrogen and oxygen atoms in total. The summed E-state index contributed by atoms with van der Waals surface area (Å²) in [5.74, 6) is 1.28. The SMILES string of the molecule is Fc1ccc2ncnc(N3CCN(CC4CCOC4)CC3)c2c1. The van der Waals surface area contributed by atoms with E-state index in [0.29, 0.717) is 5.92 Å². The minimum Gasteiger partial charge on any atom is -0.381 e. The molecule has 6 heteroatoms. The molecule has 0 saturated carbocycles. The number of aromatic nitrogens is 2. The van der Waals surface area contributed by atoms with Gasteiger partial charge in [0.25, 0.3) is 0 Å². The quantitative estimate of drug-likeness (QED) is 0.865. The molecule has 2 aromatic rings. The largest absolute Gasteiger partial charge is 0.381 e. The van der Waals surface area contributed by atoms with Crippen molar-refractivity contribution in [2.24, 2.45) is 5.92 Å². The van der Waals surface area contributed by atoms with Gasteiger partial charge < -0.3 is 9.64 Å². The first-order valence-electron chi connectivity index (χ1n) is 8.25. The van der Waals surface area contributed by atoms with E-state index in [-0.39, 0.29) is 5.82 Å². The summed E-state index contributed by atoms with van der Waals surface area (Å²) < 4.78 is 19.0. The highest BCUT2D eigenvalue weighted by Gasteiger charge is 2.24. The van der Waals surface area contributed by atoms with Gasteiger partial charge in [0.1, 0.15) is 18.0 Å². The Hall–Kier alpha value is -1.79. The number of benzene rings is 1. The average molecular weight is 316 g/mol.